The predicted molar refractivity (Wildman–Crippen MR) is 139 cm³/mol. The summed E-state index contributed by atoms with van der Waals surface area (Å²) in [7, 11) is 0. The molecule has 36 heavy (non-hydrogen) atoms. The normalized spacial score (nSPS) is 35.6. The molecule has 0 spiro atoms. The van der Waals surface area contributed by atoms with Crippen molar-refractivity contribution >= 4 is 11.9 Å². The molecule has 198 valence electrons. The van der Waals surface area contributed by atoms with Crippen LogP contribution in [0.2, 0.25) is 0 Å². The lowest BCUT2D eigenvalue weighted by Gasteiger charge is -2.57. The Morgan fingerprint density at radius 2 is 1.83 bits per heavy atom. The summed E-state index contributed by atoms with van der Waals surface area (Å²) >= 11 is 0. The molecule has 5 nitrogen and oxygen atoms in total. The van der Waals surface area contributed by atoms with Gasteiger partial charge in [0.2, 0.25) is 0 Å². The molecule has 2 fully saturated rings. The van der Waals surface area contributed by atoms with Crippen LogP contribution in [0.25, 0.3) is 0 Å². The highest BCUT2D eigenvalue weighted by Crippen LogP contribution is 2.65. The van der Waals surface area contributed by atoms with Crippen LogP contribution in [0.3, 0.4) is 0 Å². The van der Waals surface area contributed by atoms with Crippen molar-refractivity contribution in [1.29, 1.82) is 0 Å². The number of hydrogen-bond donors (Lipinski definition) is 0. The second-order valence-corrected chi connectivity index (χ2v) is 12.8. The van der Waals surface area contributed by atoms with E-state index in [1.165, 1.54) is 43.6 Å². The van der Waals surface area contributed by atoms with Crippen LogP contribution in [-0.2, 0) is 37.3 Å². The predicted octanol–water partition coefficient (Wildman–Crippen LogP) is 6.63. The van der Waals surface area contributed by atoms with Crippen LogP contribution >= 0.6 is 0 Å². The summed E-state index contributed by atoms with van der Waals surface area (Å²) < 4.78 is 17.4. The lowest BCUT2D eigenvalue weighted by molar-refractivity contribution is -0.148. The molecule has 1 aromatic rings. The van der Waals surface area contributed by atoms with Crippen molar-refractivity contribution in [3.05, 3.63) is 34.3 Å². The Labute approximate surface area is 216 Å². The van der Waals surface area contributed by atoms with Gasteiger partial charge in [0, 0.05) is 38.7 Å². The van der Waals surface area contributed by atoms with E-state index < -0.39 is 0 Å². The third-order valence-electron chi connectivity index (χ3n) is 10.5. The fourth-order valence-electron chi connectivity index (χ4n) is 8.64. The van der Waals surface area contributed by atoms with Gasteiger partial charge in [-0.05, 0) is 85.5 Å². The van der Waals surface area contributed by atoms with Crippen LogP contribution in [0.1, 0.15) is 102 Å². The molecular weight excluding hydrogens is 452 g/mol. The lowest BCUT2D eigenvalue weighted by atomic mass is 9.47. The summed E-state index contributed by atoms with van der Waals surface area (Å²) in [5.41, 5.74) is 4.85. The van der Waals surface area contributed by atoms with Crippen LogP contribution in [0.4, 0.5) is 0 Å². The van der Waals surface area contributed by atoms with Gasteiger partial charge in [0.05, 0.1) is 6.61 Å². The minimum absolute atomic E-state index is 0.0560. The zero-order chi connectivity index (χ0) is 25.8. The molecule has 7 atom stereocenters. The number of fused-ring (bicyclic) bond motifs is 7. The summed E-state index contributed by atoms with van der Waals surface area (Å²) in [5.74, 6) is 4.38. The molecule has 0 N–H and O–H groups in total. The van der Waals surface area contributed by atoms with Gasteiger partial charge >= 0.3 is 11.9 Å². The number of carbonyl (C=O) groups is 2. The van der Waals surface area contributed by atoms with Gasteiger partial charge in [0.1, 0.15) is 17.6 Å². The number of furan rings is 1. The maximum Gasteiger partial charge on any atom is 0.302 e. The summed E-state index contributed by atoms with van der Waals surface area (Å²) in [6, 6.07) is 0. The van der Waals surface area contributed by atoms with Crippen LogP contribution in [0.5, 0.6) is 0 Å². The summed E-state index contributed by atoms with van der Waals surface area (Å²) in [5, 5.41) is 0. The molecule has 1 heterocycles. The van der Waals surface area contributed by atoms with E-state index in [4.69, 9.17) is 13.9 Å². The Bertz CT molecular complexity index is 1070. The zero-order valence-corrected chi connectivity index (χ0v) is 23.1. The largest absolute Gasteiger partial charge is 0.466 e. The van der Waals surface area contributed by atoms with Crippen molar-refractivity contribution < 1.29 is 23.5 Å². The summed E-state index contributed by atoms with van der Waals surface area (Å²) in [6.07, 6.45) is 12.2. The number of hydrogen-bond acceptors (Lipinski definition) is 5. The molecule has 4 aliphatic rings. The van der Waals surface area contributed by atoms with Crippen molar-refractivity contribution in [2.45, 2.75) is 111 Å². The van der Waals surface area contributed by atoms with E-state index in [-0.39, 0.29) is 28.9 Å². The van der Waals surface area contributed by atoms with Gasteiger partial charge in [-0.3, -0.25) is 9.59 Å². The average Bonchev–Trinajstić information content (AvgIpc) is 3.29. The first-order chi connectivity index (χ1) is 17.0. The molecular formula is C31H44O5. The van der Waals surface area contributed by atoms with Crippen LogP contribution in [-0.4, -0.2) is 24.6 Å². The topological polar surface area (TPSA) is 65.7 Å². The first kappa shape index (κ1) is 25.6. The van der Waals surface area contributed by atoms with E-state index in [1.54, 1.807) is 5.57 Å². The minimum Gasteiger partial charge on any atom is -0.466 e. The Balaban J connectivity index is 1.31. The van der Waals surface area contributed by atoms with Crippen molar-refractivity contribution in [3.63, 3.8) is 0 Å². The number of rotatable bonds is 6. The average molecular weight is 497 g/mol. The van der Waals surface area contributed by atoms with Gasteiger partial charge in [0.15, 0.2) is 0 Å². The van der Waals surface area contributed by atoms with E-state index >= 15 is 0 Å². The van der Waals surface area contributed by atoms with Gasteiger partial charge in [-0.15, -0.1) is 0 Å². The fourth-order valence-corrected chi connectivity index (χ4v) is 8.64. The van der Waals surface area contributed by atoms with Crippen LogP contribution < -0.4 is 0 Å². The standard InChI is InChI=1S/C31H44O5/c1-18(17-34-20(3)32)7-10-27-19(2)29-28(36-27)16-26-24-9-8-22-15-23(35-21(4)33)11-13-30(22,5)25(24)12-14-31(26,29)6/h8,18,23-26H,7,9-17H2,1-6H3. The molecule has 0 saturated heterocycles. The Hall–Kier alpha value is -2.04. The zero-order valence-electron chi connectivity index (χ0n) is 23.1. The quantitative estimate of drug-likeness (QED) is 0.327. The minimum atomic E-state index is -0.208. The molecule has 5 heteroatoms. The molecule has 0 aromatic carbocycles. The second kappa shape index (κ2) is 9.36. The van der Waals surface area contributed by atoms with E-state index in [0.717, 1.165) is 50.7 Å². The maximum atomic E-state index is 11.5. The monoisotopic (exact) mass is 496 g/mol. The molecule has 4 aliphatic carbocycles. The molecule has 0 bridgehead atoms. The Morgan fingerprint density at radius 3 is 2.56 bits per heavy atom. The lowest BCUT2D eigenvalue weighted by Crippen LogP contribution is -2.51. The number of carbonyl (C=O) groups excluding carboxylic acids is 2. The van der Waals surface area contributed by atoms with Gasteiger partial charge in [-0.1, -0.05) is 32.4 Å². The van der Waals surface area contributed by atoms with Crippen molar-refractivity contribution in [3.8, 4) is 0 Å². The van der Waals surface area contributed by atoms with Crippen molar-refractivity contribution in [1.82, 2.24) is 0 Å². The summed E-state index contributed by atoms with van der Waals surface area (Å²) in [6.45, 7) is 12.9. The first-order valence-electron chi connectivity index (χ1n) is 14.1. The SMILES string of the molecule is CC(=O)OCC(C)CCc1oc2c(c1C)C1(C)CCC3C(CC=C4CC(OC(C)=O)CCC43C)C1C2. The third-order valence-corrected chi connectivity index (χ3v) is 10.5. The first-order valence-corrected chi connectivity index (χ1v) is 14.1. The second-order valence-electron chi connectivity index (χ2n) is 12.8. The van der Waals surface area contributed by atoms with Crippen molar-refractivity contribution in [2.24, 2.45) is 29.1 Å². The van der Waals surface area contributed by atoms with Gasteiger partial charge < -0.3 is 13.9 Å². The molecule has 0 aliphatic heterocycles. The highest BCUT2D eigenvalue weighted by atomic mass is 16.5. The molecule has 5 rings (SSSR count). The molecule has 0 amide bonds. The van der Waals surface area contributed by atoms with E-state index in [0.29, 0.717) is 30.3 Å². The number of esters is 2. The van der Waals surface area contributed by atoms with Crippen LogP contribution in [0.15, 0.2) is 16.1 Å². The number of ether oxygens (including phenoxy) is 2. The highest BCUT2D eigenvalue weighted by Gasteiger charge is 2.59. The molecule has 0 radical (unpaired) electrons. The van der Waals surface area contributed by atoms with Gasteiger partial charge in [-0.25, -0.2) is 0 Å². The molecule has 7 unspecified atom stereocenters. The van der Waals surface area contributed by atoms with E-state index in [2.05, 4.69) is 33.8 Å². The van der Waals surface area contributed by atoms with E-state index in [9.17, 15) is 9.59 Å². The van der Waals surface area contributed by atoms with Gasteiger partial charge in [0.25, 0.3) is 0 Å². The smallest absolute Gasteiger partial charge is 0.302 e. The highest BCUT2D eigenvalue weighted by molar-refractivity contribution is 5.66. The Kier molecular flexibility index (Phi) is 6.66. The molecule has 1 aromatic heterocycles. The number of allylic oxidation sites excluding steroid dienone is 1. The summed E-state index contributed by atoms with van der Waals surface area (Å²) in [4.78, 5) is 22.7. The number of aryl methyl sites for hydroxylation is 1. The van der Waals surface area contributed by atoms with Crippen LogP contribution in [0, 0.1) is 36.0 Å². The molecule has 2 saturated carbocycles. The van der Waals surface area contributed by atoms with Crippen molar-refractivity contribution in [2.75, 3.05) is 6.61 Å². The Morgan fingerprint density at radius 1 is 1.08 bits per heavy atom. The van der Waals surface area contributed by atoms with Gasteiger partial charge in [-0.2, -0.15) is 0 Å². The maximum absolute atomic E-state index is 11.5. The van der Waals surface area contributed by atoms with E-state index in [1.807, 2.05) is 0 Å². The third kappa shape index (κ3) is 4.24. The fraction of sp³-hybridized carbons (Fsp3) is 0.742.